The number of carbonyl (C=O) groups is 3. The maximum Gasteiger partial charge on any atom is 0.362 e. The lowest BCUT2D eigenvalue weighted by Gasteiger charge is -2.31. The summed E-state index contributed by atoms with van der Waals surface area (Å²) in [7, 11) is 5.53. The van der Waals surface area contributed by atoms with E-state index in [9.17, 15) is 19.5 Å². The van der Waals surface area contributed by atoms with Gasteiger partial charge in [0.25, 0.3) is 0 Å². The van der Waals surface area contributed by atoms with Crippen LogP contribution in [0.25, 0.3) is 0 Å². The van der Waals surface area contributed by atoms with Gasteiger partial charge in [-0.25, -0.2) is 4.79 Å². The van der Waals surface area contributed by atoms with Crippen molar-refractivity contribution >= 4 is 17.9 Å². The van der Waals surface area contributed by atoms with Gasteiger partial charge in [-0.3, -0.25) is 9.59 Å². The second-order valence-electron chi connectivity index (χ2n) is 16.0. The van der Waals surface area contributed by atoms with Gasteiger partial charge in [-0.05, 0) is 12.8 Å². The van der Waals surface area contributed by atoms with Crippen LogP contribution in [-0.4, -0.2) is 80.6 Å². The lowest BCUT2D eigenvalue weighted by molar-refractivity contribution is -0.887. The fraction of sp³-hybridized carbons (Fsp3) is 0.930. The summed E-state index contributed by atoms with van der Waals surface area (Å²) in [6.45, 7) is 4.74. The summed E-state index contributed by atoms with van der Waals surface area (Å²) in [5.41, 5.74) is 0. The lowest BCUT2D eigenvalue weighted by Crippen LogP contribution is -2.50. The van der Waals surface area contributed by atoms with Gasteiger partial charge in [0.15, 0.2) is 12.1 Å². The van der Waals surface area contributed by atoms with Crippen molar-refractivity contribution in [1.29, 1.82) is 0 Å². The highest BCUT2D eigenvalue weighted by molar-refractivity contribution is 5.72. The van der Waals surface area contributed by atoms with Gasteiger partial charge in [-0.2, -0.15) is 0 Å². The third-order valence-corrected chi connectivity index (χ3v) is 10.0. The molecule has 0 bridgehead atoms. The Balaban J connectivity index is 4.25. The number of hydrogen-bond donors (Lipinski definition) is 1. The molecule has 0 aliphatic carbocycles. The summed E-state index contributed by atoms with van der Waals surface area (Å²) in [5, 5.41) is 9.59. The molecular formula is C43H84NO7+. The van der Waals surface area contributed by atoms with Crippen LogP contribution in [0.15, 0.2) is 0 Å². The Labute approximate surface area is 315 Å². The Kier molecular flexibility index (Phi) is 34.2. The molecule has 0 fully saturated rings. The molecule has 8 nitrogen and oxygen atoms in total. The third kappa shape index (κ3) is 33.9. The lowest BCUT2D eigenvalue weighted by atomic mass is 10.0. The van der Waals surface area contributed by atoms with Crippen molar-refractivity contribution in [2.75, 3.05) is 41.0 Å². The summed E-state index contributed by atoms with van der Waals surface area (Å²) in [5.74, 6) is -1.45. The number of unbranched alkanes of at least 4 members (excludes halogenated alkanes) is 25. The standard InChI is InChI=1S/C43H83NO7/c1-6-8-10-12-14-16-17-18-19-20-21-22-23-24-26-28-30-32-34-42(46)51-39(37-49-36-35-40(43(47)48)44(3,4)5)38-50-41(45)33-31-29-27-25-15-13-11-9-7-2/h39-40H,6-38H2,1-5H3/p+1. The van der Waals surface area contributed by atoms with E-state index in [1.165, 1.54) is 135 Å². The van der Waals surface area contributed by atoms with Crippen molar-refractivity contribution in [3.05, 3.63) is 0 Å². The van der Waals surface area contributed by atoms with E-state index in [0.717, 1.165) is 38.5 Å². The molecule has 0 saturated carbocycles. The molecule has 0 amide bonds. The van der Waals surface area contributed by atoms with E-state index in [4.69, 9.17) is 14.2 Å². The number of likely N-dealkylation sites (N-methyl/N-ethyl adjacent to an activating group) is 1. The van der Waals surface area contributed by atoms with Gasteiger partial charge in [-0.15, -0.1) is 0 Å². The van der Waals surface area contributed by atoms with Crippen LogP contribution in [0.5, 0.6) is 0 Å². The van der Waals surface area contributed by atoms with E-state index >= 15 is 0 Å². The zero-order valence-corrected chi connectivity index (χ0v) is 34.3. The molecule has 0 spiro atoms. The largest absolute Gasteiger partial charge is 0.477 e. The Morgan fingerprint density at radius 3 is 1.22 bits per heavy atom. The van der Waals surface area contributed by atoms with Gasteiger partial charge in [0.1, 0.15) is 6.61 Å². The number of aliphatic carboxylic acids is 1. The van der Waals surface area contributed by atoms with E-state index in [0.29, 0.717) is 19.3 Å². The molecule has 0 heterocycles. The van der Waals surface area contributed by atoms with Crippen molar-refractivity contribution < 1.29 is 38.2 Å². The molecule has 0 aromatic rings. The fourth-order valence-corrected chi connectivity index (χ4v) is 6.62. The molecule has 0 aromatic carbocycles. The minimum Gasteiger partial charge on any atom is -0.477 e. The van der Waals surface area contributed by atoms with Crippen LogP contribution >= 0.6 is 0 Å². The normalized spacial score (nSPS) is 12.9. The molecule has 0 aliphatic heterocycles. The topological polar surface area (TPSA) is 99.1 Å². The number of rotatable bonds is 39. The highest BCUT2D eigenvalue weighted by Crippen LogP contribution is 2.16. The minimum absolute atomic E-state index is 0.0428. The van der Waals surface area contributed by atoms with Crippen molar-refractivity contribution in [3.8, 4) is 0 Å². The van der Waals surface area contributed by atoms with E-state index in [1.807, 2.05) is 21.1 Å². The number of carbonyl (C=O) groups excluding carboxylic acids is 2. The average Bonchev–Trinajstić information content (AvgIpc) is 3.08. The smallest absolute Gasteiger partial charge is 0.362 e. The summed E-state index contributed by atoms with van der Waals surface area (Å²) in [6.07, 6.45) is 34.3. The van der Waals surface area contributed by atoms with Crippen LogP contribution in [0.4, 0.5) is 0 Å². The zero-order valence-electron chi connectivity index (χ0n) is 34.3. The highest BCUT2D eigenvalue weighted by atomic mass is 16.6. The molecule has 2 atom stereocenters. The van der Waals surface area contributed by atoms with Crippen LogP contribution < -0.4 is 0 Å². The van der Waals surface area contributed by atoms with Crippen LogP contribution in [0.1, 0.15) is 206 Å². The number of nitrogens with zero attached hydrogens (tertiary/aromatic N) is 1. The van der Waals surface area contributed by atoms with Crippen LogP contribution in [0.3, 0.4) is 0 Å². The van der Waals surface area contributed by atoms with E-state index in [2.05, 4.69) is 13.8 Å². The second-order valence-corrected chi connectivity index (χ2v) is 16.0. The predicted octanol–water partition coefficient (Wildman–Crippen LogP) is 11.4. The van der Waals surface area contributed by atoms with Crippen LogP contribution in [0, 0.1) is 0 Å². The maximum absolute atomic E-state index is 12.7. The molecule has 0 radical (unpaired) electrons. The molecule has 1 N–H and O–H groups in total. The van der Waals surface area contributed by atoms with Crippen LogP contribution in [-0.2, 0) is 28.6 Å². The molecule has 0 saturated heterocycles. The zero-order chi connectivity index (χ0) is 37.8. The predicted molar refractivity (Wildman–Crippen MR) is 211 cm³/mol. The second kappa shape index (κ2) is 35.4. The number of quaternary nitrogens is 1. The van der Waals surface area contributed by atoms with E-state index < -0.39 is 18.1 Å². The summed E-state index contributed by atoms with van der Waals surface area (Å²) in [4.78, 5) is 36.8. The first kappa shape index (κ1) is 49.3. The SMILES string of the molecule is CCCCCCCCCCCCCCCCCCCCC(=O)OC(COCCC(C(=O)O)[N+](C)(C)C)COC(=O)CCCCCCCCCCC. The number of ether oxygens (including phenoxy) is 3. The Morgan fingerprint density at radius 1 is 0.510 bits per heavy atom. The first-order chi connectivity index (χ1) is 24.6. The summed E-state index contributed by atoms with van der Waals surface area (Å²) in [6, 6.07) is -0.607. The van der Waals surface area contributed by atoms with Crippen molar-refractivity contribution in [1.82, 2.24) is 0 Å². The number of hydrogen-bond acceptors (Lipinski definition) is 6. The van der Waals surface area contributed by atoms with E-state index in [-0.39, 0.29) is 36.2 Å². The number of esters is 2. The average molecular weight is 727 g/mol. The summed E-state index contributed by atoms with van der Waals surface area (Å²) < 4.78 is 17.2. The molecule has 0 rings (SSSR count). The first-order valence-corrected chi connectivity index (χ1v) is 21.6. The van der Waals surface area contributed by atoms with Crippen molar-refractivity contribution in [2.24, 2.45) is 0 Å². The maximum atomic E-state index is 12.7. The first-order valence-electron chi connectivity index (χ1n) is 21.6. The monoisotopic (exact) mass is 727 g/mol. The van der Waals surface area contributed by atoms with Crippen LogP contribution in [0.2, 0.25) is 0 Å². The fourth-order valence-electron chi connectivity index (χ4n) is 6.62. The van der Waals surface area contributed by atoms with Gasteiger partial charge in [0, 0.05) is 19.3 Å². The molecule has 0 aliphatic rings. The van der Waals surface area contributed by atoms with Crippen molar-refractivity contribution in [3.63, 3.8) is 0 Å². The highest BCUT2D eigenvalue weighted by Gasteiger charge is 2.31. The van der Waals surface area contributed by atoms with Gasteiger partial charge >= 0.3 is 17.9 Å². The van der Waals surface area contributed by atoms with Gasteiger partial charge in [0.2, 0.25) is 0 Å². The van der Waals surface area contributed by atoms with E-state index in [1.54, 1.807) is 0 Å². The number of carboxylic acid groups (broad SMARTS) is 1. The molecule has 302 valence electrons. The van der Waals surface area contributed by atoms with Gasteiger partial charge in [0.05, 0.1) is 34.4 Å². The Bertz CT molecular complexity index is 813. The molecular weight excluding hydrogens is 642 g/mol. The Hall–Kier alpha value is -1.67. The molecule has 2 unspecified atom stereocenters. The summed E-state index contributed by atoms with van der Waals surface area (Å²) >= 11 is 0. The molecule has 51 heavy (non-hydrogen) atoms. The Morgan fingerprint density at radius 2 is 0.863 bits per heavy atom. The minimum atomic E-state index is -0.871. The molecule has 0 aromatic heterocycles. The van der Waals surface area contributed by atoms with Gasteiger partial charge in [-0.1, -0.05) is 174 Å². The van der Waals surface area contributed by atoms with Crippen molar-refractivity contribution in [2.45, 2.75) is 219 Å². The third-order valence-electron chi connectivity index (χ3n) is 10.0. The number of carboxylic acids is 1. The quantitative estimate of drug-likeness (QED) is 0.0382. The molecule has 8 heteroatoms. The van der Waals surface area contributed by atoms with Gasteiger partial charge < -0.3 is 23.8 Å².